The Morgan fingerprint density at radius 3 is 2.70 bits per heavy atom. The molecule has 2 unspecified atom stereocenters. The van der Waals surface area contributed by atoms with Crippen LogP contribution in [0.5, 0.6) is 0 Å². The molecular formula is C17H25NO2. The highest BCUT2D eigenvalue weighted by molar-refractivity contribution is 5.71. The fourth-order valence-electron chi connectivity index (χ4n) is 2.83. The first-order valence-corrected chi connectivity index (χ1v) is 7.32. The summed E-state index contributed by atoms with van der Waals surface area (Å²) in [5.41, 5.74) is 2.26. The number of carbonyl (C=O) groups is 1. The number of aliphatic carboxylic acids is 1. The van der Waals surface area contributed by atoms with E-state index >= 15 is 0 Å². The van der Waals surface area contributed by atoms with E-state index < -0.39 is 18.4 Å². The summed E-state index contributed by atoms with van der Waals surface area (Å²) in [6.07, 6.45) is 1.71. The van der Waals surface area contributed by atoms with Gasteiger partial charge in [0, 0.05) is 2.74 Å². The Morgan fingerprint density at radius 2 is 2.15 bits per heavy atom. The van der Waals surface area contributed by atoms with E-state index in [1.165, 1.54) is 5.56 Å². The highest BCUT2D eigenvalue weighted by Crippen LogP contribution is 2.24. The van der Waals surface area contributed by atoms with Crippen LogP contribution in [0.4, 0.5) is 0 Å². The molecule has 0 aliphatic carbocycles. The molecule has 20 heavy (non-hydrogen) atoms. The van der Waals surface area contributed by atoms with Crippen molar-refractivity contribution in [2.24, 2.45) is 17.8 Å². The first kappa shape index (κ1) is 12.4. The zero-order valence-electron chi connectivity index (χ0n) is 14.2. The van der Waals surface area contributed by atoms with Crippen molar-refractivity contribution in [3.8, 4) is 0 Å². The zero-order valence-corrected chi connectivity index (χ0v) is 12.2. The summed E-state index contributed by atoms with van der Waals surface area (Å²) in [5.74, 6) is -0.976. The van der Waals surface area contributed by atoms with Gasteiger partial charge >= 0.3 is 5.97 Å². The van der Waals surface area contributed by atoms with Crippen LogP contribution in [0.2, 0.25) is 0 Å². The van der Waals surface area contributed by atoms with E-state index in [0.29, 0.717) is 18.9 Å². The minimum absolute atomic E-state index is 0.166. The molecule has 0 saturated carbocycles. The molecule has 1 saturated heterocycles. The summed E-state index contributed by atoms with van der Waals surface area (Å²) in [5, 5.41) is 12.3. The second kappa shape index (κ2) is 6.89. The van der Waals surface area contributed by atoms with Gasteiger partial charge in [-0.1, -0.05) is 38.1 Å². The lowest BCUT2D eigenvalue weighted by Gasteiger charge is -2.19. The van der Waals surface area contributed by atoms with Gasteiger partial charge in [0.2, 0.25) is 0 Å². The largest absolute Gasteiger partial charge is 0.481 e. The van der Waals surface area contributed by atoms with Gasteiger partial charge in [-0.3, -0.25) is 4.79 Å². The molecule has 1 fully saturated rings. The molecule has 1 aliphatic rings. The molecule has 2 atom stereocenters. The molecule has 0 amide bonds. The summed E-state index contributed by atoms with van der Waals surface area (Å²) in [4.78, 5) is 11.6. The standard InChI is InChI=1S/C17H25NO2/c1-12(2)8-13-4-3-5-14(9-13)10-16(17(19)20)15-6-7-18-11-15/h3-5,9,12,15-16,18H,6-8,10-11H2,1-2H3,(H,19,20)/i7D2. The van der Waals surface area contributed by atoms with Gasteiger partial charge in [-0.15, -0.1) is 0 Å². The Kier molecular flexibility index (Phi) is 4.27. The van der Waals surface area contributed by atoms with Crippen LogP contribution in [0.1, 0.15) is 34.1 Å². The number of carboxylic acid groups (broad SMARTS) is 1. The molecule has 1 aromatic carbocycles. The smallest absolute Gasteiger partial charge is 0.307 e. The van der Waals surface area contributed by atoms with Crippen molar-refractivity contribution in [1.82, 2.24) is 5.32 Å². The summed E-state index contributed by atoms with van der Waals surface area (Å²) in [7, 11) is 0. The van der Waals surface area contributed by atoms with Gasteiger partial charge in [0.15, 0.2) is 0 Å². The third-order valence-electron chi connectivity index (χ3n) is 3.83. The zero-order chi connectivity index (χ0) is 16.3. The molecule has 3 nitrogen and oxygen atoms in total. The Labute approximate surface area is 124 Å². The Hall–Kier alpha value is -1.35. The van der Waals surface area contributed by atoms with Crippen LogP contribution in [0.25, 0.3) is 0 Å². The molecule has 0 radical (unpaired) electrons. The van der Waals surface area contributed by atoms with Crippen LogP contribution >= 0.6 is 0 Å². The number of rotatable bonds is 6. The highest BCUT2D eigenvalue weighted by atomic mass is 16.4. The van der Waals surface area contributed by atoms with Crippen LogP contribution < -0.4 is 5.32 Å². The van der Waals surface area contributed by atoms with E-state index in [0.717, 1.165) is 12.0 Å². The van der Waals surface area contributed by atoms with E-state index in [-0.39, 0.29) is 12.3 Å². The Morgan fingerprint density at radius 1 is 1.45 bits per heavy atom. The molecule has 0 spiro atoms. The van der Waals surface area contributed by atoms with Gasteiger partial charge in [0.25, 0.3) is 0 Å². The average molecular weight is 277 g/mol. The monoisotopic (exact) mass is 277 g/mol. The predicted octanol–water partition coefficient (Wildman–Crippen LogP) is 2.74. The van der Waals surface area contributed by atoms with Crippen LogP contribution in [-0.2, 0) is 17.6 Å². The number of nitrogens with one attached hydrogen (secondary N) is 1. The number of hydrogen-bond donors (Lipinski definition) is 2. The van der Waals surface area contributed by atoms with Gasteiger partial charge in [-0.05, 0) is 55.3 Å². The topological polar surface area (TPSA) is 49.3 Å². The Balaban J connectivity index is 2.10. The van der Waals surface area contributed by atoms with Gasteiger partial charge in [-0.25, -0.2) is 0 Å². The van der Waals surface area contributed by atoms with E-state index in [2.05, 4.69) is 31.3 Å². The second-order valence-electron chi connectivity index (χ2n) is 6.09. The van der Waals surface area contributed by atoms with E-state index in [4.69, 9.17) is 2.74 Å². The van der Waals surface area contributed by atoms with Crippen molar-refractivity contribution >= 4 is 5.97 Å². The maximum Gasteiger partial charge on any atom is 0.307 e. The third-order valence-corrected chi connectivity index (χ3v) is 3.83. The van der Waals surface area contributed by atoms with Crippen molar-refractivity contribution in [2.75, 3.05) is 13.0 Å². The lowest BCUT2D eigenvalue weighted by molar-refractivity contribution is -0.143. The van der Waals surface area contributed by atoms with E-state index in [1.54, 1.807) is 0 Å². The van der Waals surface area contributed by atoms with Crippen molar-refractivity contribution in [3.05, 3.63) is 35.4 Å². The normalized spacial score (nSPS) is 24.2. The van der Waals surface area contributed by atoms with Crippen molar-refractivity contribution < 1.29 is 12.6 Å². The first-order chi connectivity index (χ1) is 10.3. The van der Waals surface area contributed by atoms with Gasteiger partial charge in [-0.2, -0.15) is 0 Å². The second-order valence-corrected chi connectivity index (χ2v) is 6.09. The van der Waals surface area contributed by atoms with Crippen LogP contribution in [0.15, 0.2) is 24.3 Å². The molecule has 3 heteroatoms. The van der Waals surface area contributed by atoms with Gasteiger partial charge in [0.1, 0.15) is 0 Å². The average Bonchev–Trinajstić information content (AvgIpc) is 2.75. The SMILES string of the molecule is [2H]C1([2H])CC(C(Cc2cccc(CC(C)C)c2)C(=O)O)CN1. The number of carboxylic acids is 1. The number of hydrogen-bond acceptors (Lipinski definition) is 2. The molecule has 0 bridgehead atoms. The fraction of sp³-hybridized carbons (Fsp3) is 0.588. The lowest BCUT2D eigenvalue weighted by Crippen LogP contribution is -2.27. The van der Waals surface area contributed by atoms with Crippen molar-refractivity contribution in [1.29, 1.82) is 0 Å². The summed E-state index contributed by atoms with van der Waals surface area (Å²) in [6.45, 7) is 3.31. The number of benzene rings is 1. The van der Waals surface area contributed by atoms with Crippen LogP contribution in [-0.4, -0.2) is 24.1 Å². The maximum atomic E-state index is 11.6. The lowest BCUT2D eigenvalue weighted by atomic mass is 9.85. The molecule has 1 aromatic rings. The minimum atomic E-state index is -1.45. The van der Waals surface area contributed by atoms with Crippen molar-refractivity contribution in [2.45, 2.75) is 33.1 Å². The molecule has 0 aromatic heterocycles. The predicted molar refractivity (Wildman–Crippen MR) is 80.8 cm³/mol. The Bertz CT molecular complexity index is 531. The summed E-state index contributed by atoms with van der Waals surface area (Å²) in [6, 6.07) is 8.12. The summed E-state index contributed by atoms with van der Waals surface area (Å²) >= 11 is 0. The van der Waals surface area contributed by atoms with E-state index in [1.807, 2.05) is 12.1 Å². The molecule has 2 rings (SSSR count). The van der Waals surface area contributed by atoms with Crippen LogP contribution in [0, 0.1) is 17.8 Å². The minimum Gasteiger partial charge on any atom is -0.481 e. The van der Waals surface area contributed by atoms with Crippen LogP contribution in [0.3, 0.4) is 0 Å². The quantitative estimate of drug-likeness (QED) is 0.840. The van der Waals surface area contributed by atoms with Crippen molar-refractivity contribution in [3.63, 3.8) is 0 Å². The molecular weight excluding hydrogens is 250 g/mol. The molecule has 1 aliphatic heterocycles. The third kappa shape index (κ3) is 4.07. The first-order valence-electron chi connectivity index (χ1n) is 8.32. The fourth-order valence-corrected chi connectivity index (χ4v) is 2.83. The maximum absolute atomic E-state index is 11.6. The summed E-state index contributed by atoms with van der Waals surface area (Å²) < 4.78 is 15.4. The molecule has 1 heterocycles. The highest BCUT2D eigenvalue weighted by Gasteiger charge is 2.30. The molecule has 110 valence electrons. The van der Waals surface area contributed by atoms with Gasteiger partial charge < -0.3 is 10.4 Å². The van der Waals surface area contributed by atoms with Gasteiger partial charge in [0.05, 0.1) is 5.92 Å². The molecule has 2 N–H and O–H groups in total. The van der Waals surface area contributed by atoms with E-state index in [9.17, 15) is 9.90 Å².